The highest BCUT2D eigenvalue weighted by Crippen LogP contribution is 2.14. The van der Waals surface area contributed by atoms with E-state index in [2.05, 4.69) is 39.3 Å². The fourth-order valence-corrected chi connectivity index (χ4v) is 4.63. The molecule has 0 aromatic heterocycles. The molecule has 5 heteroatoms. The van der Waals surface area contributed by atoms with Gasteiger partial charge in [-0.2, -0.15) is 0 Å². The molecule has 0 radical (unpaired) electrons. The summed E-state index contributed by atoms with van der Waals surface area (Å²) in [4.78, 5) is 11.6. The van der Waals surface area contributed by atoms with E-state index in [1.165, 1.54) is 77.0 Å². The van der Waals surface area contributed by atoms with Crippen LogP contribution in [0.3, 0.4) is 0 Å². The summed E-state index contributed by atoms with van der Waals surface area (Å²) in [6.07, 6.45) is 17.6. The Labute approximate surface area is 172 Å². The molecule has 0 spiro atoms. The van der Waals surface area contributed by atoms with Crippen molar-refractivity contribution in [3.63, 3.8) is 0 Å². The summed E-state index contributed by atoms with van der Waals surface area (Å²) in [6.45, 7) is 13.9. The summed E-state index contributed by atoms with van der Waals surface area (Å²) in [5.41, 5.74) is 0. The first-order valence-electron chi connectivity index (χ1n) is 11.5. The maximum absolute atomic E-state index is 11.6. The number of carbonyl (C=O) groups excluding carboxylic acids is 1. The number of rotatable bonds is 18. The molecule has 0 rings (SSSR count). The van der Waals surface area contributed by atoms with Gasteiger partial charge in [-0.3, -0.25) is 4.79 Å². The van der Waals surface area contributed by atoms with Gasteiger partial charge in [-0.05, 0) is 52.1 Å². The van der Waals surface area contributed by atoms with Gasteiger partial charge in [-0.15, -0.1) is 0 Å². The Balaban J connectivity index is 3.18. The minimum atomic E-state index is -1.69. The highest BCUT2D eigenvalue weighted by Gasteiger charge is 2.19. The average Bonchev–Trinajstić information content (AvgIpc) is 2.51. The number of carbonyl (C=O) groups is 1. The first kappa shape index (κ1) is 26.9. The van der Waals surface area contributed by atoms with Crippen LogP contribution in [0.25, 0.3) is 0 Å². The summed E-state index contributed by atoms with van der Waals surface area (Å²) in [6, 6.07) is 0. The minimum Gasteiger partial charge on any atom is -0.520 e. The lowest BCUT2D eigenvalue weighted by Crippen LogP contribution is -2.28. The normalized spacial score (nSPS) is 12.4. The topological polar surface area (TPSA) is 35.5 Å². The van der Waals surface area contributed by atoms with Gasteiger partial charge in [0.2, 0.25) is 8.32 Å². The summed E-state index contributed by atoms with van der Waals surface area (Å²) < 4.78 is 11.4. The average molecular weight is 417 g/mol. The van der Waals surface area contributed by atoms with Gasteiger partial charge in [0.1, 0.15) is 0 Å². The van der Waals surface area contributed by atoms with Gasteiger partial charge in [0.05, 0.1) is 0 Å². The molecule has 0 atom stereocenters. The van der Waals surface area contributed by atoms with Crippen molar-refractivity contribution in [1.29, 1.82) is 0 Å². The smallest absolute Gasteiger partial charge is 0.292 e. The minimum absolute atomic E-state index is 0.0118. The van der Waals surface area contributed by atoms with E-state index in [0.29, 0.717) is 6.42 Å². The van der Waals surface area contributed by atoms with E-state index in [-0.39, 0.29) is 5.97 Å². The summed E-state index contributed by atoms with van der Waals surface area (Å²) in [5, 5.41) is 0. The molecule has 0 aromatic carbocycles. The van der Waals surface area contributed by atoms with Crippen molar-refractivity contribution in [3.05, 3.63) is 0 Å². The molecule has 0 aromatic rings. The second kappa shape index (κ2) is 15.7. The van der Waals surface area contributed by atoms with Crippen molar-refractivity contribution >= 4 is 22.6 Å². The predicted octanol–water partition coefficient (Wildman–Crippen LogP) is 7.68. The van der Waals surface area contributed by atoms with Crippen LogP contribution in [0.2, 0.25) is 39.3 Å². The fourth-order valence-electron chi connectivity index (χ4n) is 3.09. The Bertz CT molecular complexity index is 360. The van der Waals surface area contributed by atoms with Crippen LogP contribution >= 0.6 is 0 Å². The van der Waals surface area contributed by atoms with Crippen molar-refractivity contribution in [2.24, 2.45) is 0 Å². The van der Waals surface area contributed by atoms with Crippen LogP contribution in [0.4, 0.5) is 0 Å². The Morgan fingerprint density at radius 3 is 1.30 bits per heavy atom. The largest absolute Gasteiger partial charge is 0.520 e. The Kier molecular flexibility index (Phi) is 15.7. The van der Waals surface area contributed by atoms with Crippen LogP contribution in [-0.2, 0) is 13.6 Å². The monoisotopic (exact) mass is 416 g/mol. The molecule has 0 amide bonds. The number of hydrogen-bond donors (Lipinski definition) is 0. The first-order chi connectivity index (χ1) is 12.6. The first-order valence-corrected chi connectivity index (χ1v) is 18.3. The van der Waals surface area contributed by atoms with E-state index in [1.54, 1.807) is 0 Å². The Morgan fingerprint density at radius 2 is 0.926 bits per heavy atom. The van der Waals surface area contributed by atoms with Gasteiger partial charge in [0.15, 0.2) is 8.32 Å². The van der Waals surface area contributed by atoms with E-state index in [4.69, 9.17) is 8.85 Å². The molecule has 0 aliphatic rings. The molecule has 0 bridgehead atoms. The molecule has 0 heterocycles. The van der Waals surface area contributed by atoms with Crippen LogP contribution in [0.15, 0.2) is 0 Å². The molecule has 0 saturated heterocycles. The molecule has 3 nitrogen and oxygen atoms in total. The van der Waals surface area contributed by atoms with Crippen LogP contribution < -0.4 is 0 Å². The van der Waals surface area contributed by atoms with Gasteiger partial charge >= 0.3 is 0 Å². The second-order valence-corrected chi connectivity index (χ2v) is 18.8. The molecule has 0 aliphatic heterocycles. The van der Waals surface area contributed by atoms with Crippen LogP contribution in [0, 0.1) is 0 Å². The molecular formula is C22H48O3Si2. The van der Waals surface area contributed by atoms with Crippen LogP contribution in [-0.4, -0.2) is 29.2 Å². The molecule has 162 valence electrons. The van der Waals surface area contributed by atoms with Crippen molar-refractivity contribution in [1.82, 2.24) is 0 Å². The number of unbranched alkanes of at least 4 members (excludes halogenated alkanes) is 12. The summed E-state index contributed by atoms with van der Waals surface area (Å²) in [7, 11) is -2.99. The molecule has 0 aliphatic carbocycles. The summed E-state index contributed by atoms with van der Waals surface area (Å²) >= 11 is 0. The maximum Gasteiger partial charge on any atom is 0.292 e. The quantitative estimate of drug-likeness (QED) is 0.170. The lowest BCUT2D eigenvalue weighted by atomic mass is 10.0. The van der Waals surface area contributed by atoms with Gasteiger partial charge in [0.25, 0.3) is 5.97 Å². The highest BCUT2D eigenvalue weighted by molar-refractivity contribution is 6.71. The molecule has 0 unspecified atom stereocenters. The van der Waals surface area contributed by atoms with E-state index >= 15 is 0 Å². The Hall–Kier alpha value is -0.136. The van der Waals surface area contributed by atoms with Crippen molar-refractivity contribution in [2.75, 3.05) is 6.61 Å². The highest BCUT2D eigenvalue weighted by atomic mass is 28.4. The maximum atomic E-state index is 11.6. The summed E-state index contributed by atoms with van der Waals surface area (Å²) in [5.74, 6) is 0.0118. The molecule has 0 saturated carbocycles. The van der Waals surface area contributed by atoms with E-state index in [1.807, 2.05) is 0 Å². The third-order valence-electron chi connectivity index (χ3n) is 4.48. The molecule has 27 heavy (non-hydrogen) atoms. The third kappa shape index (κ3) is 23.8. The van der Waals surface area contributed by atoms with E-state index in [9.17, 15) is 4.79 Å². The van der Waals surface area contributed by atoms with Crippen LogP contribution in [0.5, 0.6) is 0 Å². The lowest BCUT2D eigenvalue weighted by Gasteiger charge is -2.17. The van der Waals surface area contributed by atoms with Crippen LogP contribution in [0.1, 0.15) is 89.9 Å². The molecule has 0 N–H and O–H groups in total. The fraction of sp³-hybridized carbons (Fsp3) is 0.955. The lowest BCUT2D eigenvalue weighted by molar-refractivity contribution is -0.135. The standard InChI is InChI=1S/C22H48O3Si2/c1-26(2,3)24-21-19-17-15-13-11-9-7-8-10-12-14-16-18-20-22(23)25-27(4,5)6/h7-21H2,1-6H3. The van der Waals surface area contributed by atoms with Gasteiger partial charge in [0, 0.05) is 13.0 Å². The van der Waals surface area contributed by atoms with Gasteiger partial charge < -0.3 is 8.85 Å². The Morgan fingerprint density at radius 1 is 0.556 bits per heavy atom. The van der Waals surface area contributed by atoms with Crippen molar-refractivity contribution in [2.45, 2.75) is 129 Å². The molecular weight excluding hydrogens is 368 g/mol. The molecule has 0 fully saturated rings. The van der Waals surface area contributed by atoms with Crippen molar-refractivity contribution < 1.29 is 13.6 Å². The van der Waals surface area contributed by atoms with Crippen molar-refractivity contribution in [3.8, 4) is 0 Å². The zero-order valence-corrected chi connectivity index (χ0v) is 21.3. The van der Waals surface area contributed by atoms with E-state index < -0.39 is 16.6 Å². The SMILES string of the molecule is C[Si](C)(C)OCCCCCCCCCCCCCCCC(=O)O[Si](C)(C)C. The predicted molar refractivity (Wildman–Crippen MR) is 123 cm³/mol. The zero-order valence-electron chi connectivity index (χ0n) is 19.3. The third-order valence-corrected chi connectivity index (χ3v) is 6.39. The van der Waals surface area contributed by atoms with Gasteiger partial charge in [-0.25, -0.2) is 0 Å². The van der Waals surface area contributed by atoms with E-state index in [0.717, 1.165) is 13.0 Å². The van der Waals surface area contributed by atoms with Gasteiger partial charge in [-0.1, -0.05) is 70.6 Å². The number of hydrogen-bond acceptors (Lipinski definition) is 3. The zero-order chi connectivity index (χ0) is 20.6. The second-order valence-electron chi connectivity index (χ2n) is 9.89.